The second kappa shape index (κ2) is 9.87. The number of hydrogen-bond donors (Lipinski definition) is 1. The smallest absolute Gasteiger partial charge is 0.181 e. The molecule has 1 aliphatic rings. The number of sulfone groups is 1. The van der Waals surface area contributed by atoms with E-state index in [1.54, 1.807) is 30.6 Å². The monoisotopic (exact) mass is 509 g/mol. The summed E-state index contributed by atoms with van der Waals surface area (Å²) in [5, 5.41) is 11.3. The van der Waals surface area contributed by atoms with Crippen LogP contribution in [0.25, 0.3) is 16.8 Å². The van der Waals surface area contributed by atoms with E-state index in [1.165, 1.54) is 13.2 Å². The molecule has 0 amide bonds. The molecule has 0 aliphatic carbocycles. The lowest BCUT2D eigenvalue weighted by molar-refractivity contribution is 0.277. The lowest BCUT2D eigenvalue weighted by atomic mass is 10.1. The molecular formula is C26H28FN5O3S. The highest BCUT2D eigenvalue weighted by Gasteiger charge is 2.30. The first-order valence-electron chi connectivity index (χ1n) is 11.8. The van der Waals surface area contributed by atoms with E-state index < -0.39 is 15.7 Å². The summed E-state index contributed by atoms with van der Waals surface area (Å²) in [6.45, 7) is 1.93. The Morgan fingerprint density at radius 1 is 1.08 bits per heavy atom. The topological polar surface area (TPSA) is 88.8 Å². The predicted octanol–water partition coefficient (Wildman–Crippen LogP) is 4.02. The summed E-state index contributed by atoms with van der Waals surface area (Å²) in [6, 6.07) is 15.6. The Labute approximate surface area is 209 Å². The average Bonchev–Trinajstić information content (AvgIpc) is 3.38. The van der Waals surface area contributed by atoms with Crippen LogP contribution in [-0.4, -0.2) is 60.4 Å². The van der Waals surface area contributed by atoms with Crippen LogP contribution in [0.2, 0.25) is 0 Å². The maximum Gasteiger partial charge on any atom is 0.181 e. The normalized spacial score (nSPS) is 15.3. The fraction of sp³-hybridized carbons (Fsp3) is 0.308. The molecule has 36 heavy (non-hydrogen) atoms. The number of nitrogens with zero attached hydrogens (tertiary/aromatic N) is 4. The van der Waals surface area contributed by atoms with E-state index in [0.717, 1.165) is 30.0 Å². The molecule has 0 spiro atoms. The molecule has 1 fully saturated rings. The number of ether oxygens (including phenoxy) is 1. The van der Waals surface area contributed by atoms with Gasteiger partial charge in [0.25, 0.3) is 0 Å². The van der Waals surface area contributed by atoms with Gasteiger partial charge in [-0.3, -0.25) is 4.40 Å². The van der Waals surface area contributed by atoms with Gasteiger partial charge >= 0.3 is 0 Å². The molecule has 0 atom stereocenters. The number of fused-ring (bicyclic) bond motifs is 1. The lowest BCUT2D eigenvalue weighted by Crippen LogP contribution is -2.37. The number of pyridine rings is 1. The first-order chi connectivity index (χ1) is 17.4. The zero-order valence-electron chi connectivity index (χ0n) is 20.2. The Balaban J connectivity index is 1.39. The number of likely N-dealkylation sites (tertiary alicyclic amines) is 1. The van der Waals surface area contributed by atoms with Crippen LogP contribution in [-0.2, 0) is 16.4 Å². The molecule has 3 heterocycles. The van der Waals surface area contributed by atoms with Gasteiger partial charge in [0.1, 0.15) is 12.1 Å². The predicted molar refractivity (Wildman–Crippen MR) is 136 cm³/mol. The van der Waals surface area contributed by atoms with Crippen molar-refractivity contribution in [2.24, 2.45) is 0 Å². The van der Waals surface area contributed by atoms with Crippen LogP contribution < -0.4 is 10.1 Å². The third kappa shape index (κ3) is 4.54. The van der Waals surface area contributed by atoms with Crippen molar-refractivity contribution in [3.63, 3.8) is 0 Å². The number of hydrogen-bond acceptors (Lipinski definition) is 7. The van der Waals surface area contributed by atoms with E-state index >= 15 is 0 Å². The number of benzene rings is 2. The number of anilines is 1. The van der Waals surface area contributed by atoms with Gasteiger partial charge in [-0.15, -0.1) is 10.2 Å². The quantitative estimate of drug-likeness (QED) is 0.403. The number of rotatable bonds is 7. The Hall–Kier alpha value is -3.50. The van der Waals surface area contributed by atoms with Crippen LogP contribution in [0.4, 0.5) is 10.2 Å². The summed E-state index contributed by atoms with van der Waals surface area (Å²) in [4.78, 5) is 2.51. The summed E-state index contributed by atoms with van der Waals surface area (Å²) in [6.07, 6.45) is 2.90. The van der Waals surface area contributed by atoms with Crippen molar-refractivity contribution in [2.75, 3.05) is 32.6 Å². The molecule has 0 bridgehead atoms. The number of nitrogens with one attached hydrogen (secondary N) is 1. The summed E-state index contributed by atoms with van der Waals surface area (Å²) in [7, 11) is 0.0871. The standard InChI is InChI=1S/C26H28FN5O3S/c1-31-14-12-21(13-15-31)36(33,34)20-8-6-18(7-9-20)22-10-11-24(32-17-29-30-26(22)32)28-16-19-4-3-5-23(27)25(19)35-2/h3-11,17,21,28H,12-16H2,1-2H3. The molecule has 0 saturated carbocycles. The fourth-order valence-electron chi connectivity index (χ4n) is 4.70. The summed E-state index contributed by atoms with van der Waals surface area (Å²) < 4.78 is 47.3. The van der Waals surface area contributed by atoms with Gasteiger partial charge in [-0.2, -0.15) is 0 Å². The Morgan fingerprint density at radius 2 is 1.83 bits per heavy atom. The van der Waals surface area contributed by atoms with Crippen LogP contribution in [0.15, 0.2) is 65.8 Å². The summed E-state index contributed by atoms with van der Waals surface area (Å²) in [5.74, 6) is 0.520. The minimum absolute atomic E-state index is 0.205. The number of methoxy groups -OCH3 is 1. The van der Waals surface area contributed by atoms with Crippen molar-refractivity contribution >= 4 is 21.3 Å². The van der Waals surface area contributed by atoms with Gasteiger partial charge < -0.3 is 15.0 Å². The van der Waals surface area contributed by atoms with Crippen LogP contribution in [0.5, 0.6) is 5.75 Å². The van der Waals surface area contributed by atoms with Gasteiger partial charge in [0.2, 0.25) is 0 Å². The first kappa shape index (κ1) is 24.2. The molecular weight excluding hydrogens is 481 g/mol. The molecule has 188 valence electrons. The summed E-state index contributed by atoms with van der Waals surface area (Å²) >= 11 is 0. The largest absolute Gasteiger partial charge is 0.493 e. The van der Waals surface area contributed by atoms with Gasteiger partial charge in [-0.25, -0.2) is 12.8 Å². The Bertz CT molecular complexity index is 1480. The number of halogens is 1. The third-order valence-electron chi connectivity index (χ3n) is 6.77. The number of aromatic nitrogens is 3. The van der Waals surface area contributed by atoms with Gasteiger partial charge in [-0.05, 0) is 68.9 Å². The third-order valence-corrected chi connectivity index (χ3v) is 9.05. The van der Waals surface area contributed by atoms with Crippen molar-refractivity contribution in [1.29, 1.82) is 0 Å². The van der Waals surface area contributed by atoms with E-state index in [-0.39, 0.29) is 11.0 Å². The van der Waals surface area contributed by atoms with Gasteiger partial charge in [0.15, 0.2) is 27.1 Å². The minimum Gasteiger partial charge on any atom is -0.493 e. The number of piperidine rings is 1. The Kier molecular flexibility index (Phi) is 6.63. The zero-order chi connectivity index (χ0) is 25.3. The molecule has 0 radical (unpaired) electrons. The molecule has 4 aromatic rings. The van der Waals surface area contributed by atoms with Crippen LogP contribution in [0, 0.1) is 5.82 Å². The van der Waals surface area contributed by atoms with Gasteiger partial charge in [0.05, 0.1) is 17.3 Å². The van der Waals surface area contributed by atoms with E-state index in [2.05, 4.69) is 20.4 Å². The minimum atomic E-state index is -3.37. The van der Waals surface area contributed by atoms with Gasteiger partial charge in [0, 0.05) is 17.7 Å². The second-order valence-corrected chi connectivity index (χ2v) is 11.2. The van der Waals surface area contributed by atoms with E-state index in [4.69, 9.17) is 4.74 Å². The number of para-hydroxylation sites is 1. The van der Waals surface area contributed by atoms with Crippen LogP contribution >= 0.6 is 0 Å². The highest BCUT2D eigenvalue weighted by Crippen LogP contribution is 2.30. The summed E-state index contributed by atoms with van der Waals surface area (Å²) in [5.41, 5.74) is 2.97. The maximum absolute atomic E-state index is 14.0. The molecule has 1 saturated heterocycles. The van der Waals surface area contributed by atoms with E-state index in [9.17, 15) is 12.8 Å². The first-order valence-corrected chi connectivity index (χ1v) is 13.3. The molecule has 2 aromatic carbocycles. The fourth-order valence-corrected chi connectivity index (χ4v) is 6.43. The molecule has 10 heteroatoms. The molecule has 2 aromatic heterocycles. The molecule has 0 unspecified atom stereocenters. The second-order valence-electron chi connectivity index (χ2n) is 9.01. The highest BCUT2D eigenvalue weighted by molar-refractivity contribution is 7.92. The Morgan fingerprint density at radius 3 is 2.56 bits per heavy atom. The van der Waals surface area contributed by atoms with E-state index in [1.807, 2.05) is 35.7 Å². The van der Waals surface area contributed by atoms with Crippen molar-refractivity contribution in [2.45, 2.75) is 29.5 Å². The molecule has 5 rings (SSSR count). The van der Waals surface area contributed by atoms with E-state index in [0.29, 0.717) is 35.5 Å². The van der Waals surface area contributed by atoms with Crippen molar-refractivity contribution in [3.05, 3.63) is 72.3 Å². The molecule has 8 nitrogen and oxygen atoms in total. The van der Waals surface area contributed by atoms with Crippen LogP contribution in [0.1, 0.15) is 18.4 Å². The van der Waals surface area contributed by atoms with Crippen molar-refractivity contribution < 1.29 is 17.5 Å². The highest BCUT2D eigenvalue weighted by atomic mass is 32.2. The molecule has 1 N–H and O–H groups in total. The van der Waals surface area contributed by atoms with Gasteiger partial charge in [-0.1, -0.05) is 24.3 Å². The average molecular weight is 510 g/mol. The SMILES string of the molecule is COc1c(F)cccc1CNc1ccc(-c2ccc(S(=O)(=O)C3CCN(C)CC3)cc2)c2nncn12. The zero-order valence-corrected chi connectivity index (χ0v) is 21.0. The maximum atomic E-state index is 14.0. The van der Waals surface area contributed by atoms with Crippen LogP contribution in [0.3, 0.4) is 0 Å². The molecule has 1 aliphatic heterocycles. The van der Waals surface area contributed by atoms with Crippen molar-refractivity contribution in [3.8, 4) is 16.9 Å². The lowest BCUT2D eigenvalue weighted by Gasteiger charge is -2.28. The van der Waals surface area contributed by atoms with Crippen molar-refractivity contribution in [1.82, 2.24) is 19.5 Å².